The lowest BCUT2D eigenvalue weighted by Crippen LogP contribution is -2.38. The van der Waals surface area contributed by atoms with E-state index in [9.17, 15) is 14.9 Å². The zero-order valence-corrected chi connectivity index (χ0v) is 15.0. The van der Waals surface area contributed by atoms with E-state index in [4.69, 9.17) is 4.52 Å². The number of hydrogen-bond donors (Lipinski definition) is 0. The van der Waals surface area contributed by atoms with Gasteiger partial charge < -0.3 is 9.42 Å². The van der Waals surface area contributed by atoms with Crippen LogP contribution in [0.25, 0.3) is 11.4 Å². The third kappa shape index (κ3) is 3.62. The van der Waals surface area contributed by atoms with Gasteiger partial charge in [0.25, 0.3) is 11.6 Å². The summed E-state index contributed by atoms with van der Waals surface area (Å²) in [5.41, 5.74) is 1.15. The van der Waals surface area contributed by atoms with E-state index in [-0.39, 0.29) is 17.5 Å². The van der Waals surface area contributed by atoms with Crippen LogP contribution in [-0.2, 0) is 0 Å². The van der Waals surface area contributed by atoms with Crippen molar-refractivity contribution in [3.05, 3.63) is 76.2 Å². The van der Waals surface area contributed by atoms with E-state index >= 15 is 0 Å². The fourth-order valence-corrected chi connectivity index (χ4v) is 3.37. The summed E-state index contributed by atoms with van der Waals surface area (Å²) in [6.45, 7) is 1.07. The minimum absolute atomic E-state index is 0.0833. The van der Waals surface area contributed by atoms with Crippen LogP contribution in [0.2, 0.25) is 0 Å². The molecule has 142 valence electrons. The van der Waals surface area contributed by atoms with Gasteiger partial charge in [-0.15, -0.1) is 0 Å². The van der Waals surface area contributed by atoms with Gasteiger partial charge in [-0.1, -0.05) is 41.6 Å². The molecule has 0 spiro atoms. The summed E-state index contributed by atoms with van der Waals surface area (Å²) >= 11 is 0. The van der Waals surface area contributed by atoms with Crippen molar-refractivity contribution in [3.8, 4) is 11.4 Å². The Morgan fingerprint density at radius 3 is 2.57 bits per heavy atom. The smallest absolute Gasteiger partial charge is 0.270 e. The summed E-state index contributed by atoms with van der Waals surface area (Å²) in [7, 11) is 0. The molecule has 0 radical (unpaired) electrons. The van der Waals surface area contributed by atoms with Crippen molar-refractivity contribution in [2.75, 3.05) is 13.1 Å². The number of carbonyl (C=O) groups excluding carboxylic acids is 1. The maximum atomic E-state index is 12.7. The first-order valence-electron chi connectivity index (χ1n) is 9.04. The minimum Gasteiger partial charge on any atom is -0.339 e. The van der Waals surface area contributed by atoms with Gasteiger partial charge >= 0.3 is 0 Å². The van der Waals surface area contributed by atoms with Gasteiger partial charge in [0.1, 0.15) is 0 Å². The Labute approximate surface area is 160 Å². The Kier molecular flexibility index (Phi) is 4.84. The number of likely N-dealkylation sites (tertiary alicyclic amines) is 1. The first-order valence-corrected chi connectivity index (χ1v) is 9.04. The maximum Gasteiger partial charge on any atom is 0.270 e. The molecule has 0 bridgehead atoms. The Morgan fingerprint density at radius 1 is 1.11 bits per heavy atom. The summed E-state index contributed by atoms with van der Waals surface area (Å²) < 4.78 is 5.44. The van der Waals surface area contributed by atoms with Crippen LogP contribution in [0, 0.1) is 10.1 Å². The van der Waals surface area contributed by atoms with Crippen molar-refractivity contribution in [2.45, 2.75) is 18.8 Å². The van der Waals surface area contributed by atoms with E-state index in [0.29, 0.717) is 43.2 Å². The third-order valence-corrected chi connectivity index (χ3v) is 4.91. The fraction of sp³-hybridized carbons (Fsp3) is 0.250. The van der Waals surface area contributed by atoms with E-state index in [1.807, 2.05) is 30.3 Å². The second-order valence-corrected chi connectivity index (χ2v) is 6.70. The molecular formula is C20H18N4O4. The van der Waals surface area contributed by atoms with Crippen LogP contribution in [0.3, 0.4) is 0 Å². The molecule has 0 aliphatic carbocycles. The Morgan fingerprint density at radius 2 is 1.86 bits per heavy atom. The average Bonchev–Trinajstić information content (AvgIpc) is 3.24. The van der Waals surface area contributed by atoms with Gasteiger partial charge in [0, 0.05) is 42.3 Å². The van der Waals surface area contributed by atoms with Crippen LogP contribution in [0.15, 0.2) is 59.1 Å². The molecule has 0 N–H and O–H groups in total. The Bertz CT molecular complexity index is 994. The number of nitro groups is 1. The molecule has 8 nitrogen and oxygen atoms in total. The lowest BCUT2D eigenvalue weighted by Gasteiger charge is -2.30. The lowest BCUT2D eigenvalue weighted by atomic mass is 9.96. The molecule has 2 aromatic carbocycles. The number of carbonyl (C=O) groups is 1. The number of nitro benzene ring substituents is 1. The number of non-ortho nitro benzene ring substituents is 1. The van der Waals surface area contributed by atoms with Crippen molar-refractivity contribution in [1.82, 2.24) is 15.0 Å². The molecule has 0 atom stereocenters. The summed E-state index contributed by atoms with van der Waals surface area (Å²) in [5.74, 6) is 1.05. The molecule has 4 rings (SSSR count). The molecule has 1 amide bonds. The standard InChI is InChI=1S/C20H18N4O4/c25-20(16-7-4-8-17(13-16)24(26)27)23-11-9-15(10-12-23)19-21-18(22-28-19)14-5-2-1-3-6-14/h1-8,13,15H,9-12H2. The highest BCUT2D eigenvalue weighted by Gasteiger charge is 2.28. The second-order valence-electron chi connectivity index (χ2n) is 6.70. The molecule has 28 heavy (non-hydrogen) atoms. The summed E-state index contributed by atoms with van der Waals surface area (Å²) in [5, 5.41) is 15.0. The SMILES string of the molecule is O=C(c1cccc([N+](=O)[O-])c1)N1CCC(c2nc(-c3ccccc3)no2)CC1. The van der Waals surface area contributed by atoms with Gasteiger partial charge in [-0.05, 0) is 18.9 Å². The zero-order chi connectivity index (χ0) is 19.5. The first-order chi connectivity index (χ1) is 13.6. The molecule has 1 aliphatic rings. The van der Waals surface area contributed by atoms with Gasteiger partial charge in [0.15, 0.2) is 0 Å². The normalized spacial score (nSPS) is 14.8. The van der Waals surface area contributed by atoms with Crippen LogP contribution in [0.1, 0.15) is 35.0 Å². The maximum absolute atomic E-state index is 12.7. The molecular weight excluding hydrogens is 360 g/mol. The van der Waals surface area contributed by atoms with E-state index in [1.165, 1.54) is 18.2 Å². The molecule has 8 heteroatoms. The number of rotatable bonds is 4. The summed E-state index contributed by atoms with van der Waals surface area (Å²) in [6, 6.07) is 15.4. The Hall–Kier alpha value is -3.55. The van der Waals surface area contributed by atoms with E-state index < -0.39 is 4.92 Å². The number of amides is 1. The monoisotopic (exact) mass is 378 g/mol. The lowest BCUT2D eigenvalue weighted by molar-refractivity contribution is -0.384. The number of hydrogen-bond acceptors (Lipinski definition) is 6. The molecule has 1 aliphatic heterocycles. The van der Waals surface area contributed by atoms with Crippen LogP contribution in [0.5, 0.6) is 0 Å². The van der Waals surface area contributed by atoms with Crippen LogP contribution in [0.4, 0.5) is 5.69 Å². The number of aromatic nitrogens is 2. The highest BCUT2D eigenvalue weighted by atomic mass is 16.6. The van der Waals surface area contributed by atoms with Crippen molar-refractivity contribution >= 4 is 11.6 Å². The van der Waals surface area contributed by atoms with Crippen molar-refractivity contribution in [3.63, 3.8) is 0 Å². The van der Waals surface area contributed by atoms with Crippen LogP contribution < -0.4 is 0 Å². The highest BCUT2D eigenvalue weighted by molar-refractivity contribution is 5.94. The molecule has 3 aromatic rings. The van der Waals surface area contributed by atoms with Crippen LogP contribution in [-0.4, -0.2) is 39.0 Å². The number of benzene rings is 2. The molecule has 0 saturated carbocycles. The van der Waals surface area contributed by atoms with E-state index in [2.05, 4.69) is 10.1 Å². The Balaban J connectivity index is 1.41. The number of piperidine rings is 1. The molecule has 0 unspecified atom stereocenters. The van der Waals surface area contributed by atoms with Crippen LogP contribution >= 0.6 is 0 Å². The third-order valence-electron chi connectivity index (χ3n) is 4.91. The van der Waals surface area contributed by atoms with Crippen molar-refractivity contribution < 1.29 is 14.2 Å². The largest absolute Gasteiger partial charge is 0.339 e. The van der Waals surface area contributed by atoms with Gasteiger partial charge in [-0.25, -0.2) is 0 Å². The molecule has 1 saturated heterocycles. The molecule has 2 heterocycles. The predicted octanol–water partition coefficient (Wildman–Crippen LogP) is 3.66. The topological polar surface area (TPSA) is 102 Å². The van der Waals surface area contributed by atoms with Gasteiger partial charge in [-0.3, -0.25) is 14.9 Å². The zero-order valence-electron chi connectivity index (χ0n) is 15.0. The number of nitrogens with zero attached hydrogens (tertiary/aromatic N) is 4. The summed E-state index contributed by atoms with van der Waals surface area (Å²) in [6.07, 6.45) is 1.41. The molecule has 1 fully saturated rings. The van der Waals surface area contributed by atoms with E-state index in [1.54, 1.807) is 11.0 Å². The summed E-state index contributed by atoms with van der Waals surface area (Å²) in [4.78, 5) is 29.3. The van der Waals surface area contributed by atoms with Gasteiger partial charge in [-0.2, -0.15) is 4.98 Å². The second kappa shape index (κ2) is 7.59. The molecule has 1 aromatic heterocycles. The van der Waals surface area contributed by atoms with Gasteiger partial charge in [0.05, 0.1) is 4.92 Å². The fourth-order valence-electron chi connectivity index (χ4n) is 3.37. The van der Waals surface area contributed by atoms with Gasteiger partial charge in [0.2, 0.25) is 11.7 Å². The predicted molar refractivity (Wildman–Crippen MR) is 101 cm³/mol. The van der Waals surface area contributed by atoms with Crippen molar-refractivity contribution in [1.29, 1.82) is 0 Å². The van der Waals surface area contributed by atoms with Crippen molar-refractivity contribution in [2.24, 2.45) is 0 Å². The van der Waals surface area contributed by atoms with E-state index in [0.717, 1.165) is 5.56 Å². The highest BCUT2D eigenvalue weighted by Crippen LogP contribution is 2.29. The minimum atomic E-state index is -0.497. The average molecular weight is 378 g/mol. The quantitative estimate of drug-likeness (QED) is 0.507. The first kappa shape index (κ1) is 17.8.